The van der Waals surface area contributed by atoms with Gasteiger partial charge in [-0.1, -0.05) is 11.6 Å². The average Bonchev–Trinajstić information content (AvgIpc) is 2.84. The van der Waals surface area contributed by atoms with Gasteiger partial charge >= 0.3 is 0 Å². The first-order chi connectivity index (χ1) is 11.0. The molecule has 120 valence electrons. The summed E-state index contributed by atoms with van der Waals surface area (Å²) in [5.74, 6) is 1.04. The van der Waals surface area contributed by atoms with Crippen LogP contribution in [-0.2, 0) is 13.0 Å². The molecule has 3 rings (SSSR count). The quantitative estimate of drug-likeness (QED) is 0.717. The Balaban J connectivity index is 1.74. The lowest BCUT2D eigenvalue weighted by molar-refractivity contribution is 0.229. The van der Waals surface area contributed by atoms with Crippen molar-refractivity contribution >= 4 is 11.0 Å². The molecule has 4 heteroatoms. The third-order valence-corrected chi connectivity index (χ3v) is 4.46. The van der Waals surface area contributed by atoms with Crippen LogP contribution < -0.4 is 0 Å². The summed E-state index contributed by atoms with van der Waals surface area (Å²) in [7, 11) is 2.12. The smallest absolute Gasteiger partial charge is 0.134 e. The second-order valence-electron chi connectivity index (χ2n) is 6.31. The van der Waals surface area contributed by atoms with Gasteiger partial charge in [-0.3, -0.25) is 14.9 Å². The highest BCUT2D eigenvalue weighted by Gasteiger charge is 2.16. The monoisotopic (exact) mass is 309 g/mol. The second kappa shape index (κ2) is 6.50. The summed E-state index contributed by atoms with van der Waals surface area (Å²) < 4.78 is 6.06. The van der Waals surface area contributed by atoms with E-state index in [9.17, 15) is 0 Å². The molecule has 0 N–H and O–H groups in total. The number of aromatic nitrogens is 2. The van der Waals surface area contributed by atoms with Crippen molar-refractivity contribution in [2.75, 3.05) is 7.05 Å². The SMILES string of the molecule is Cc1ccc2oc(CN(C)C(C)Cc3cnccn3)c(C)c2c1. The van der Waals surface area contributed by atoms with Crippen molar-refractivity contribution in [3.05, 3.63) is 59.4 Å². The molecule has 0 amide bonds. The zero-order chi connectivity index (χ0) is 16.4. The minimum atomic E-state index is 0.362. The maximum Gasteiger partial charge on any atom is 0.134 e. The lowest BCUT2D eigenvalue weighted by atomic mass is 10.1. The zero-order valence-corrected chi connectivity index (χ0v) is 14.2. The molecule has 1 aromatic carbocycles. The molecule has 1 unspecified atom stereocenters. The van der Waals surface area contributed by atoms with Crippen molar-refractivity contribution < 1.29 is 4.42 Å². The Hall–Kier alpha value is -2.20. The van der Waals surface area contributed by atoms with Gasteiger partial charge in [0.05, 0.1) is 12.2 Å². The number of hydrogen-bond donors (Lipinski definition) is 0. The molecule has 0 aliphatic heterocycles. The number of hydrogen-bond acceptors (Lipinski definition) is 4. The molecule has 23 heavy (non-hydrogen) atoms. The van der Waals surface area contributed by atoms with Crippen molar-refractivity contribution in [3.8, 4) is 0 Å². The first kappa shape index (κ1) is 15.7. The van der Waals surface area contributed by atoms with E-state index in [1.807, 2.05) is 6.20 Å². The van der Waals surface area contributed by atoms with Crippen LogP contribution >= 0.6 is 0 Å². The number of furan rings is 1. The molecule has 0 aliphatic carbocycles. The predicted molar refractivity (Wildman–Crippen MR) is 92.4 cm³/mol. The number of fused-ring (bicyclic) bond motifs is 1. The molecule has 0 saturated carbocycles. The Bertz CT molecular complexity index is 795. The summed E-state index contributed by atoms with van der Waals surface area (Å²) in [5, 5.41) is 1.22. The topological polar surface area (TPSA) is 42.2 Å². The summed E-state index contributed by atoms with van der Waals surface area (Å²) >= 11 is 0. The molecule has 0 bridgehead atoms. The van der Waals surface area contributed by atoms with Crippen LogP contribution in [-0.4, -0.2) is 28.0 Å². The molecular weight excluding hydrogens is 286 g/mol. The number of likely N-dealkylation sites (N-methyl/N-ethyl adjacent to an activating group) is 1. The number of nitrogens with zero attached hydrogens (tertiary/aromatic N) is 3. The van der Waals surface area contributed by atoms with E-state index in [1.54, 1.807) is 12.4 Å². The van der Waals surface area contributed by atoms with Gasteiger partial charge < -0.3 is 4.42 Å². The number of rotatable bonds is 5. The van der Waals surface area contributed by atoms with Crippen LogP contribution in [0.2, 0.25) is 0 Å². The molecule has 0 spiro atoms. The van der Waals surface area contributed by atoms with Crippen molar-refractivity contribution in [2.24, 2.45) is 0 Å². The van der Waals surface area contributed by atoms with Crippen LogP contribution in [0.5, 0.6) is 0 Å². The van der Waals surface area contributed by atoms with E-state index in [1.165, 1.54) is 16.5 Å². The molecule has 4 nitrogen and oxygen atoms in total. The van der Waals surface area contributed by atoms with Crippen molar-refractivity contribution in [3.63, 3.8) is 0 Å². The summed E-state index contributed by atoms with van der Waals surface area (Å²) in [5.41, 5.74) is 4.49. The maximum absolute atomic E-state index is 6.06. The van der Waals surface area contributed by atoms with E-state index in [0.29, 0.717) is 6.04 Å². The Morgan fingerprint density at radius 1 is 1.22 bits per heavy atom. The minimum Gasteiger partial charge on any atom is -0.459 e. The Morgan fingerprint density at radius 3 is 2.78 bits per heavy atom. The molecule has 0 aliphatic rings. The van der Waals surface area contributed by atoms with E-state index < -0.39 is 0 Å². The molecular formula is C19H23N3O. The van der Waals surface area contributed by atoms with Gasteiger partial charge in [0.15, 0.2) is 0 Å². The fourth-order valence-electron chi connectivity index (χ4n) is 2.81. The van der Waals surface area contributed by atoms with E-state index >= 15 is 0 Å². The Morgan fingerprint density at radius 2 is 2.04 bits per heavy atom. The highest BCUT2D eigenvalue weighted by molar-refractivity contribution is 5.82. The van der Waals surface area contributed by atoms with E-state index in [0.717, 1.165) is 30.0 Å². The van der Waals surface area contributed by atoms with Crippen molar-refractivity contribution in [2.45, 2.75) is 39.8 Å². The van der Waals surface area contributed by atoms with Gasteiger partial charge in [-0.05, 0) is 45.5 Å². The predicted octanol–water partition coefficient (Wildman–Crippen LogP) is 3.90. The lowest BCUT2D eigenvalue weighted by Crippen LogP contribution is -2.30. The molecule has 0 saturated heterocycles. The van der Waals surface area contributed by atoms with Crippen LogP contribution in [0.4, 0.5) is 0 Å². The molecule has 1 atom stereocenters. The molecule has 0 fully saturated rings. The molecule has 0 radical (unpaired) electrons. The zero-order valence-electron chi connectivity index (χ0n) is 14.2. The van der Waals surface area contributed by atoms with Crippen molar-refractivity contribution in [1.29, 1.82) is 0 Å². The van der Waals surface area contributed by atoms with Gasteiger partial charge in [0, 0.05) is 36.4 Å². The summed E-state index contributed by atoms with van der Waals surface area (Å²) in [6, 6.07) is 6.71. The second-order valence-corrected chi connectivity index (χ2v) is 6.31. The third kappa shape index (κ3) is 3.42. The van der Waals surface area contributed by atoms with Gasteiger partial charge in [-0.15, -0.1) is 0 Å². The standard InChI is InChI=1S/C19H23N3O/c1-13-5-6-18-17(9-13)15(3)19(23-18)12-22(4)14(2)10-16-11-20-7-8-21-16/h5-9,11,14H,10,12H2,1-4H3. The minimum absolute atomic E-state index is 0.362. The Labute approximate surface area is 137 Å². The van der Waals surface area contributed by atoms with Crippen molar-refractivity contribution in [1.82, 2.24) is 14.9 Å². The summed E-state index contributed by atoms with van der Waals surface area (Å²) in [6.07, 6.45) is 6.16. The normalized spacial score (nSPS) is 12.9. The van der Waals surface area contributed by atoms with Crippen LogP contribution in [0.3, 0.4) is 0 Å². The fourth-order valence-corrected chi connectivity index (χ4v) is 2.81. The fraction of sp³-hybridized carbons (Fsp3) is 0.368. The summed E-state index contributed by atoms with van der Waals surface area (Å²) in [6.45, 7) is 7.25. The number of aryl methyl sites for hydroxylation is 2. The maximum atomic E-state index is 6.06. The third-order valence-electron chi connectivity index (χ3n) is 4.46. The van der Waals surface area contributed by atoms with Gasteiger partial charge in [-0.2, -0.15) is 0 Å². The van der Waals surface area contributed by atoms with E-state index in [-0.39, 0.29) is 0 Å². The van der Waals surface area contributed by atoms with E-state index in [2.05, 4.69) is 60.9 Å². The van der Waals surface area contributed by atoms with E-state index in [4.69, 9.17) is 4.42 Å². The molecule has 3 aromatic rings. The van der Waals surface area contributed by atoms with Crippen LogP contribution in [0.25, 0.3) is 11.0 Å². The first-order valence-corrected chi connectivity index (χ1v) is 7.98. The largest absolute Gasteiger partial charge is 0.459 e. The van der Waals surface area contributed by atoms with Gasteiger partial charge in [0.1, 0.15) is 11.3 Å². The Kier molecular flexibility index (Phi) is 4.44. The highest BCUT2D eigenvalue weighted by atomic mass is 16.3. The van der Waals surface area contributed by atoms with Crippen LogP contribution in [0, 0.1) is 13.8 Å². The first-order valence-electron chi connectivity index (χ1n) is 7.98. The number of benzene rings is 1. The van der Waals surface area contributed by atoms with Gasteiger partial charge in [-0.25, -0.2) is 0 Å². The van der Waals surface area contributed by atoms with Gasteiger partial charge in [0.2, 0.25) is 0 Å². The lowest BCUT2D eigenvalue weighted by Gasteiger charge is -2.23. The molecule has 2 heterocycles. The van der Waals surface area contributed by atoms with Gasteiger partial charge in [0.25, 0.3) is 0 Å². The summed E-state index contributed by atoms with van der Waals surface area (Å²) in [4.78, 5) is 10.8. The highest BCUT2D eigenvalue weighted by Crippen LogP contribution is 2.27. The van der Waals surface area contributed by atoms with Crippen LogP contribution in [0.15, 0.2) is 41.2 Å². The molecule has 2 aromatic heterocycles. The van der Waals surface area contributed by atoms with Crippen LogP contribution in [0.1, 0.15) is 29.5 Å². The average molecular weight is 309 g/mol.